The predicted molar refractivity (Wildman–Crippen MR) is 138 cm³/mol. The van der Waals surface area contributed by atoms with Crippen LogP contribution in [0.4, 0.5) is 15.8 Å². The Morgan fingerprint density at radius 3 is 2.58 bits per heavy atom. The number of pyridine rings is 2. The Morgan fingerprint density at radius 1 is 1.06 bits per heavy atom. The number of aromatic nitrogens is 3. The number of fused-ring (bicyclic) bond motifs is 2. The molecule has 2 fully saturated rings. The molecule has 9 heteroatoms. The van der Waals surface area contributed by atoms with E-state index < -0.39 is 5.82 Å². The molecule has 0 bridgehead atoms. The topological polar surface area (TPSA) is 83.8 Å². The van der Waals surface area contributed by atoms with E-state index in [0.29, 0.717) is 40.4 Å². The first-order valence-corrected chi connectivity index (χ1v) is 12.4. The summed E-state index contributed by atoms with van der Waals surface area (Å²) in [6.07, 6.45) is 8.14. The Morgan fingerprint density at radius 2 is 1.83 bits per heavy atom. The number of benzene rings is 1. The number of ether oxygens (including phenoxy) is 1. The van der Waals surface area contributed by atoms with Crippen LogP contribution in [0.3, 0.4) is 0 Å². The van der Waals surface area contributed by atoms with Gasteiger partial charge in [-0.05, 0) is 50.8 Å². The van der Waals surface area contributed by atoms with E-state index >= 15 is 0 Å². The first kappa shape index (κ1) is 22.7. The Bertz CT molecular complexity index is 1460. The second kappa shape index (κ2) is 9.05. The number of carbonyl (C=O) groups is 1. The van der Waals surface area contributed by atoms with Crippen molar-refractivity contribution in [1.82, 2.24) is 19.7 Å². The zero-order valence-electron chi connectivity index (χ0n) is 20.4. The van der Waals surface area contributed by atoms with Gasteiger partial charge < -0.3 is 24.7 Å². The van der Waals surface area contributed by atoms with E-state index in [1.165, 1.54) is 18.9 Å². The van der Waals surface area contributed by atoms with Crippen molar-refractivity contribution in [1.29, 1.82) is 0 Å². The van der Waals surface area contributed by atoms with Crippen LogP contribution in [0.1, 0.15) is 41.7 Å². The van der Waals surface area contributed by atoms with E-state index in [1.54, 1.807) is 36.9 Å². The maximum absolute atomic E-state index is 14.6. The Hall–Kier alpha value is -3.72. The van der Waals surface area contributed by atoms with Gasteiger partial charge in [0.05, 0.1) is 29.6 Å². The van der Waals surface area contributed by atoms with Crippen molar-refractivity contribution in [2.75, 3.05) is 30.4 Å². The summed E-state index contributed by atoms with van der Waals surface area (Å²) in [6.45, 7) is 3.69. The first-order valence-electron chi connectivity index (χ1n) is 12.4. The molecule has 1 aliphatic heterocycles. The van der Waals surface area contributed by atoms with Crippen molar-refractivity contribution in [3.8, 4) is 5.88 Å². The lowest BCUT2D eigenvalue weighted by molar-refractivity contribution is 0.102. The number of anilines is 2. The molecule has 1 saturated heterocycles. The van der Waals surface area contributed by atoms with Gasteiger partial charge in [0, 0.05) is 60.8 Å². The quantitative estimate of drug-likeness (QED) is 0.421. The highest BCUT2D eigenvalue weighted by atomic mass is 19.1. The Balaban J connectivity index is 1.30. The Kier molecular flexibility index (Phi) is 5.72. The summed E-state index contributed by atoms with van der Waals surface area (Å²) in [6, 6.07) is 10.1. The third-order valence-corrected chi connectivity index (χ3v) is 7.03. The summed E-state index contributed by atoms with van der Waals surface area (Å²) >= 11 is 0. The van der Waals surface area contributed by atoms with Crippen LogP contribution in [0, 0.1) is 12.7 Å². The van der Waals surface area contributed by atoms with Crippen molar-refractivity contribution in [2.45, 2.75) is 44.7 Å². The predicted octanol–water partition coefficient (Wildman–Crippen LogP) is 4.31. The van der Waals surface area contributed by atoms with E-state index in [1.807, 2.05) is 18.2 Å². The smallest absolute Gasteiger partial charge is 0.257 e. The van der Waals surface area contributed by atoms with Gasteiger partial charge in [-0.25, -0.2) is 14.4 Å². The summed E-state index contributed by atoms with van der Waals surface area (Å²) in [5.41, 5.74) is 3.28. The molecule has 1 aromatic carbocycles. The second-order valence-electron chi connectivity index (χ2n) is 9.73. The van der Waals surface area contributed by atoms with Crippen LogP contribution < -0.4 is 20.3 Å². The summed E-state index contributed by atoms with van der Waals surface area (Å²) < 4.78 is 21.5. The van der Waals surface area contributed by atoms with Crippen LogP contribution in [-0.4, -0.2) is 52.6 Å². The van der Waals surface area contributed by atoms with E-state index in [2.05, 4.69) is 25.5 Å². The molecule has 1 aliphatic carbocycles. The summed E-state index contributed by atoms with van der Waals surface area (Å²) in [4.78, 5) is 24.5. The molecular weight excluding hydrogens is 459 g/mol. The van der Waals surface area contributed by atoms with Gasteiger partial charge in [-0.2, -0.15) is 0 Å². The average molecular weight is 489 g/mol. The van der Waals surface area contributed by atoms with Crippen molar-refractivity contribution in [2.24, 2.45) is 0 Å². The molecule has 1 saturated carbocycles. The largest absolute Gasteiger partial charge is 0.481 e. The van der Waals surface area contributed by atoms with Crippen LogP contribution >= 0.6 is 0 Å². The zero-order valence-corrected chi connectivity index (χ0v) is 20.4. The maximum Gasteiger partial charge on any atom is 0.257 e. The maximum atomic E-state index is 14.6. The second-order valence-corrected chi connectivity index (χ2v) is 9.73. The number of methoxy groups -OCH3 is 1. The minimum absolute atomic E-state index is 0.225. The van der Waals surface area contributed by atoms with Gasteiger partial charge >= 0.3 is 0 Å². The number of hydrogen-bond acceptors (Lipinski definition) is 6. The van der Waals surface area contributed by atoms with Crippen molar-refractivity contribution in [3.05, 3.63) is 59.8 Å². The molecule has 3 aromatic heterocycles. The number of halogens is 1. The fourth-order valence-electron chi connectivity index (χ4n) is 5.07. The summed E-state index contributed by atoms with van der Waals surface area (Å²) in [7, 11) is 1.56. The number of hydrogen-bond donors (Lipinski definition) is 2. The highest BCUT2D eigenvalue weighted by Crippen LogP contribution is 2.33. The molecule has 4 heterocycles. The molecule has 2 aliphatic rings. The van der Waals surface area contributed by atoms with E-state index in [9.17, 15) is 9.18 Å². The molecule has 8 nitrogen and oxygen atoms in total. The molecule has 186 valence electrons. The van der Waals surface area contributed by atoms with Crippen LogP contribution in [0.25, 0.3) is 16.6 Å². The molecule has 36 heavy (non-hydrogen) atoms. The average Bonchev–Trinajstić information content (AvgIpc) is 3.61. The fourth-order valence-corrected chi connectivity index (χ4v) is 5.07. The van der Waals surface area contributed by atoms with Crippen molar-refractivity contribution >= 4 is 33.8 Å². The SMILES string of the molecule is COc1ccc2c(N3CCC(NC4CC4)CC3)ccc(C(=O)Nc3cc(F)c4nc(C)cn4c3)c2n1. The number of amides is 1. The molecule has 4 aromatic rings. The molecule has 1 amide bonds. The number of rotatable bonds is 6. The standard InChI is InChI=1S/C27H29FN6O2/c1-16-14-34-15-19(13-22(28)26(34)29-16)31-27(35)21-5-7-23(20-6-8-24(36-2)32-25(20)21)33-11-9-18(10-12-33)30-17-3-4-17/h5-8,13-15,17-18,30H,3-4,9-12H2,1-2H3,(H,31,35). The number of aryl methyl sites for hydroxylation is 1. The molecule has 2 N–H and O–H groups in total. The van der Waals surface area contributed by atoms with E-state index in [0.717, 1.165) is 37.0 Å². The van der Waals surface area contributed by atoms with Crippen molar-refractivity contribution in [3.63, 3.8) is 0 Å². The van der Waals surface area contributed by atoms with Gasteiger partial charge in [0.15, 0.2) is 11.5 Å². The first-order chi connectivity index (χ1) is 17.5. The van der Waals surface area contributed by atoms with E-state index in [4.69, 9.17) is 4.74 Å². The van der Waals surface area contributed by atoms with Crippen LogP contribution in [0.2, 0.25) is 0 Å². The van der Waals surface area contributed by atoms with Crippen LogP contribution in [0.15, 0.2) is 42.7 Å². The van der Waals surface area contributed by atoms with Crippen molar-refractivity contribution < 1.29 is 13.9 Å². The normalized spacial score (nSPS) is 16.6. The number of piperidine rings is 1. The molecule has 0 atom stereocenters. The van der Waals surface area contributed by atoms with Gasteiger partial charge in [-0.15, -0.1) is 0 Å². The van der Waals surface area contributed by atoms with Crippen LogP contribution in [-0.2, 0) is 0 Å². The lowest BCUT2D eigenvalue weighted by Crippen LogP contribution is -2.43. The van der Waals surface area contributed by atoms with Gasteiger partial charge in [0.1, 0.15) is 0 Å². The van der Waals surface area contributed by atoms with E-state index in [-0.39, 0.29) is 11.6 Å². The lowest BCUT2D eigenvalue weighted by atomic mass is 10.0. The fraction of sp³-hybridized carbons (Fsp3) is 0.370. The number of carbonyl (C=O) groups excluding carboxylic acids is 1. The minimum Gasteiger partial charge on any atom is -0.481 e. The van der Waals surface area contributed by atoms with Gasteiger partial charge in [-0.3, -0.25) is 4.79 Å². The van der Waals surface area contributed by atoms with Crippen LogP contribution in [0.5, 0.6) is 5.88 Å². The van der Waals surface area contributed by atoms with Gasteiger partial charge in [0.2, 0.25) is 5.88 Å². The minimum atomic E-state index is -0.500. The molecule has 0 unspecified atom stereocenters. The number of nitrogens with zero attached hydrogens (tertiary/aromatic N) is 4. The van der Waals surface area contributed by atoms with Gasteiger partial charge in [-0.1, -0.05) is 0 Å². The highest BCUT2D eigenvalue weighted by molar-refractivity contribution is 6.14. The third-order valence-electron chi connectivity index (χ3n) is 7.03. The number of nitrogens with one attached hydrogen (secondary N) is 2. The molecule has 0 spiro atoms. The summed E-state index contributed by atoms with van der Waals surface area (Å²) in [5, 5.41) is 7.46. The summed E-state index contributed by atoms with van der Waals surface area (Å²) in [5.74, 6) is -0.432. The third kappa shape index (κ3) is 4.35. The molecule has 0 radical (unpaired) electrons. The zero-order chi connectivity index (χ0) is 24.8. The lowest BCUT2D eigenvalue weighted by Gasteiger charge is -2.35. The number of imidazole rings is 1. The molecule has 6 rings (SSSR count). The highest BCUT2D eigenvalue weighted by Gasteiger charge is 2.28. The van der Waals surface area contributed by atoms with Gasteiger partial charge in [0.25, 0.3) is 5.91 Å². The monoisotopic (exact) mass is 488 g/mol. The molecular formula is C27H29FN6O2. The Labute approximate surface area is 208 Å².